The van der Waals surface area contributed by atoms with Crippen molar-refractivity contribution >= 4 is 0 Å². The normalized spacial score (nSPS) is 12.2. The Labute approximate surface area is 118 Å². The van der Waals surface area contributed by atoms with Gasteiger partial charge < -0.3 is 4.74 Å². The molecule has 1 aliphatic rings. The molecule has 0 atom stereocenters. The molecule has 0 bridgehead atoms. The first kappa shape index (κ1) is 11.3. The maximum atomic E-state index is 5.91. The Hall–Kier alpha value is -2.54. The Kier molecular flexibility index (Phi) is 2.56. The van der Waals surface area contributed by atoms with E-state index in [1.807, 2.05) is 6.07 Å². The van der Waals surface area contributed by atoms with Crippen molar-refractivity contribution in [3.05, 3.63) is 78.4 Å². The number of ether oxygens (including phenoxy) is 1. The lowest BCUT2D eigenvalue weighted by atomic mass is 9.90. The highest BCUT2D eigenvalue weighted by molar-refractivity contribution is 5.89. The second kappa shape index (κ2) is 4.53. The Morgan fingerprint density at radius 1 is 0.650 bits per heavy atom. The molecule has 96 valence electrons. The van der Waals surface area contributed by atoms with E-state index < -0.39 is 0 Å². The van der Waals surface area contributed by atoms with Gasteiger partial charge in [-0.3, -0.25) is 0 Å². The molecule has 1 aliphatic heterocycles. The molecule has 1 nitrogen and oxygen atoms in total. The van der Waals surface area contributed by atoms with Gasteiger partial charge in [0.1, 0.15) is 12.4 Å². The van der Waals surface area contributed by atoms with Crippen LogP contribution in [0.1, 0.15) is 5.56 Å². The summed E-state index contributed by atoms with van der Waals surface area (Å²) in [6.07, 6.45) is 0. The molecule has 1 heteroatoms. The summed E-state index contributed by atoms with van der Waals surface area (Å²) in [6.45, 7) is 0.654. The van der Waals surface area contributed by atoms with Crippen LogP contribution in [0.15, 0.2) is 72.8 Å². The van der Waals surface area contributed by atoms with Crippen LogP contribution in [0.2, 0.25) is 0 Å². The summed E-state index contributed by atoms with van der Waals surface area (Å²) in [6, 6.07) is 25.3. The minimum atomic E-state index is 0.654. The summed E-state index contributed by atoms with van der Waals surface area (Å²) < 4.78 is 5.91. The average molecular weight is 258 g/mol. The van der Waals surface area contributed by atoms with Crippen molar-refractivity contribution in [2.24, 2.45) is 0 Å². The molecule has 0 aliphatic carbocycles. The van der Waals surface area contributed by atoms with Crippen molar-refractivity contribution in [2.45, 2.75) is 6.61 Å². The zero-order chi connectivity index (χ0) is 13.4. The summed E-state index contributed by atoms with van der Waals surface area (Å²) in [7, 11) is 0. The van der Waals surface area contributed by atoms with E-state index in [0.29, 0.717) is 6.61 Å². The van der Waals surface area contributed by atoms with Crippen molar-refractivity contribution < 1.29 is 4.74 Å². The highest BCUT2D eigenvalue weighted by Gasteiger charge is 2.20. The minimum Gasteiger partial charge on any atom is -0.488 e. The number of hydrogen-bond acceptors (Lipinski definition) is 1. The van der Waals surface area contributed by atoms with E-state index in [-0.39, 0.29) is 0 Å². The molecule has 0 saturated heterocycles. The Bertz CT molecular complexity index is 760. The third kappa shape index (κ3) is 1.71. The van der Waals surface area contributed by atoms with E-state index in [2.05, 4.69) is 66.7 Å². The second-order valence-electron chi connectivity index (χ2n) is 4.99. The van der Waals surface area contributed by atoms with Gasteiger partial charge in [0.05, 0.1) is 0 Å². The lowest BCUT2D eigenvalue weighted by Crippen LogP contribution is -2.06. The van der Waals surface area contributed by atoms with Gasteiger partial charge in [-0.25, -0.2) is 0 Å². The number of fused-ring (bicyclic) bond motifs is 3. The van der Waals surface area contributed by atoms with Crippen LogP contribution in [0.25, 0.3) is 22.3 Å². The van der Waals surface area contributed by atoms with Crippen molar-refractivity contribution in [2.75, 3.05) is 0 Å². The van der Waals surface area contributed by atoms with Crippen molar-refractivity contribution in [3.8, 4) is 28.0 Å². The van der Waals surface area contributed by atoms with Gasteiger partial charge in [0, 0.05) is 5.56 Å². The largest absolute Gasteiger partial charge is 0.488 e. The number of benzene rings is 3. The highest BCUT2D eigenvalue weighted by atomic mass is 16.5. The van der Waals surface area contributed by atoms with Crippen molar-refractivity contribution in [1.29, 1.82) is 0 Å². The van der Waals surface area contributed by atoms with Crippen LogP contribution < -0.4 is 4.74 Å². The van der Waals surface area contributed by atoms with Gasteiger partial charge in [-0.1, -0.05) is 66.7 Å². The fourth-order valence-corrected chi connectivity index (χ4v) is 2.83. The zero-order valence-electron chi connectivity index (χ0n) is 11.0. The van der Waals surface area contributed by atoms with Crippen LogP contribution in [0.4, 0.5) is 0 Å². The van der Waals surface area contributed by atoms with Gasteiger partial charge in [0.15, 0.2) is 0 Å². The number of rotatable bonds is 1. The smallest absolute Gasteiger partial charge is 0.128 e. The van der Waals surface area contributed by atoms with Crippen LogP contribution in [-0.4, -0.2) is 0 Å². The van der Waals surface area contributed by atoms with E-state index in [1.165, 1.54) is 27.8 Å². The molecule has 3 aromatic carbocycles. The van der Waals surface area contributed by atoms with Gasteiger partial charge in [-0.15, -0.1) is 0 Å². The maximum Gasteiger partial charge on any atom is 0.128 e. The van der Waals surface area contributed by atoms with Crippen molar-refractivity contribution in [1.82, 2.24) is 0 Å². The SMILES string of the molecule is c1ccc(-c2cccc3c2-c2ccccc2CO3)cc1. The van der Waals surface area contributed by atoms with Crippen molar-refractivity contribution in [3.63, 3.8) is 0 Å². The second-order valence-corrected chi connectivity index (χ2v) is 4.99. The molecule has 20 heavy (non-hydrogen) atoms. The molecular weight excluding hydrogens is 244 g/mol. The molecule has 4 rings (SSSR count). The van der Waals surface area contributed by atoms with Crippen LogP contribution in [0.5, 0.6) is 5.75 Å². The van der Waals surface area contributed by atoms with E-state index in [1.54, 1.807) is 0 Å². The summed E-state index contributed by atoms with van der Waals surface area (Å²) >= 11 is 0. The Morgan fingerprint density at radius 2 is 1.40 bits per heavy atom. The molecule has 1 heterocycles. The molecule has 0 spiro atoms. The van der Waals surface area contributed by atoms with E-state index in [0.717, 1.165) is 5.75 Å². The van der Waals surface area contributed by atoms with E-state index >= 15 is 0 Å². The lowest BCUT2D eigenvalue weighted by molar-refractivity contribution is 0.302. The van der Waals surface area contributed by atoms with Crippen LogP contribution >= 0.6 is 0 Å². The first-order valence-corrected chi connectivity index (χ1v) is 6.83. The highest BCUT2D eigenvalue weighted by Crippen LogP contribution is 2.43. The molecule has 0 saturated carbocycles. The van der Waals surface area contributed by atoms with Gasteiger partial charge in [0.25, 0.3) is 0 Å². The molecular formula is C19H14O. The molecule has 0 radical (unpaired) electrons. The predicted octanol–water partition coefficient (Wildman–Crippen LogP) is 4.91. The minimum absolute atomic E-state index is 0.654. The van der Waals surface area contributed by atoms with Gasteiger partial charge in [0.2, 0.25) is 0 Å². The first-order chi connectivity index (χ1) is 9.93. The molecule has 0 unspecified atom stereocenters. The van der Waals surface area contributed by atoms with Gasteiger partial charge >= 0.3 is 0 Å². The summed E-state index contributed by atoms with van der Waals surface area (Å²) in [5.74, 6) is 0.977. The van der Waals surface area contributed by atoms with Crippen LogP contribution in [0, 0.1) is 0 Å². The average Bonchev–Trinajstić information content (AvgIpc) is 2.55. The molecule has 0 fully saturated rings. The standard InChI is InChI=1S/C19H14O/c1-2-7-14(8-3-1)16-11-6-12-18-19(16)17-10-5-4-9-15(17)13-20-18/h1-12H,13H2. The summed E-state index contributed by atoms with van der Waals surface area (Å²) in [4.78, 5) is 0. The quantitative estimate of drug-likeness (QED) is 0.602. The molecule has 0 amide bonds. The fraction of sp³-hybridized carbons (Fsp3) is 0.0526. The van der Waals surface area contributed by atoms with Gasteiger partial charge in [-0.05, 0) is 28.3 Å². The third-order valence-electron chi connectivity index (χ3n) is 3.78. The lowest BCUT2D eigenvalue weighted by Gasteiger charge is -2.23. The van der Waals surface area contributed by atoms with E-state index in [9.17, 15) is 0 Å². The monoisotopic (exact) mass is 258 g/mol. The fourth-order valence-electron chi connectivity index (χ4n) is 2.83. The molecule has 0 aromatic heterocycles. The topological polar surface area (TPSA) is 9.23 Å². The van der Waals surface area contributed by atoms with Crippen LogP contribution in [-0.2, 0) is 6.61 Å². The molecule has 0 N–H and O–H groups in total. The Morgan fingerprint density at radius 3 is 2.30 bits per heavy atom. The predicted molar refractivity (Wildman–Crippen MR) is 81.6 cm³/mol. The van der Waals surface area contributed by atoms with E-state index in [4.69, 9.17) is 4.74 Å². The zero-order valence-corrected chi connectivity index (χ0v) is 11.0. The van der Waals surface area contributed by atoms with Gasteiger partial charge in [-0.2, -0.15) is 0 Å². The summed E-state index contributed by atoms with van der Waals surface area (Å²) in [5, 5.41) is 0. The first-order valence-electron chi connectivity index (χ1n) is 6.83. The Balaban J connectivity index is 2.01. The molecule has 3 aromatic rings. The third-order valence-corrected chi connectivity index (χ3v) is 3.78. The maximum absolute atomic E-state index is 5.91. The van der Waals surface area contributed by atoms with Crippen LogP contribution in [0.3, 0.4) is 0 Å². The summed E-state index contributed by atoms with van der Waals surface area (Å²) in [5.41, 5.74) is 6.21. The number of hydrogen-bond donors (Lipinski definition) is 0.